The first-order valence-electron chi connectivity index (χ1n) is 8.33. The van der Waals surface area contributed by atoms with E-state index in [4.69, 9.17) is 10.6 Å². The van der Waals surface area contributed by atoms with Crippen molar-refractivity contribution in [3.05, 3.63) is 30.1 Å². The molecule has 8 nitrogen and oxygen atoms in total. The van der Waals surface area contributed by atoms with Gasteiger partial charge in [0.05, 0.1) is 12.9 Å². The van der Waals surface area contributed by atoms with Crippen LogP contribution in [0.1, 0.15) is 20.3 Å². The minimum Gasteiger partial charge on any atom is -0.467 e. The Morgan fingerprint density at radius 1 is 1.33 bits per heavy atom. The minimum atomic E-state index is -0.710. The fraction of sp³-hybridized carbons (Fsp3) is 0.412. The number of rotatable bonds is 8. The maximum absolute atomic E-state index is 13.0. The maximum atomic E-state index is 13.0. The van der Waals surface area contributed by atoms with Crippen LogP contribution in [0.25, 0.3) is 11.4 Å². The number of nitrogens with one attached hydrogen (secondary N) is 1. The number of carbonyl (C=O) groups is 2. The number of methoxy groups -OCH3 is 1. The number of nitrogens with zero attached hydrogens (tertiary/aromatic N) is 3. The molecule has 0 saturated carbocycles. The van der Waals surface area contributed by atoms with Gasteiger partial charge in [0.1, 0.15) is 11.9 Å². The molecule has 0 bridgehead atoms. The second-order valence-electron chi connectivity index (χ2n) is 5.93. The molecule has 0 spiro atoms. The van der Waals surface area contributed by atoms with Crippen molar-refractivity contribution in [2.45, 2.75) is 31.5 Å². The van der Waals surface area contributed by atoms with Gasteiger partial charge in [-0.3, -0.25) is 4.79 Å². The van der Waals surface area contributed by atoms with Crippen molar-refractivity contribution in [3.63, 3.8) is 0 Å². The molecule has 0 radical (unpaired) electrons. The summed E-state index contributed by atoms with van der Waals surface area (Å²) in [7, 11) is 1.28. The van der Waals surface area contributed by atoms with Gasteiger partial charge in [0, 0.05) is 5.56 Å². The summed E-state index contributed by atoms with van der Waals surface area (Å²) < 4.78 is 19.0. The van der Waals surface area contributed by atoms with E-state index in [0.717, 1.165) is 11.8 Å². The predicted octanol–water partition coefficient (Wildman–Crippen LogP) is 1.59. The smallest absolute Gasteiger partial charge is 0.328 e. The summed E-state index contributed by atoms with van der Waals surface area (Å²) in [6, 6.07) is 4.96. The number of benzene rings is 1. The van der Waals surface area contributed by atoms with Gasteiger partial charge in [-0.1, -0.05) is 32.0 Å². The number of carbonyl (C=O) groups excluding carboxylic acids is 2. The molecule has 146 valence electrons. The van der Waals surface area contributed by atoms with Gasteiger partial charge < -0.3 is 15.9 Å². The van der Waals surface area contributed by atoms with Crippen molar-refractivity contribution in [1.82, 2.24) is 20.2 Å². The van der Waals surface area contributed by atoms with E-state index in [2.05, 4.69) is 15.5 Å². The van der Waals surface area contributed by atoms with E-state index in [9.17, 15) is 14.0 Å². The fourth-order valence-corrected chi connectivity index (χ4v) is 2.98. The van der Waals surface area contributed by atoms with E-state index >= 15 is 0 Å². The summed E-state index contributed by atoms with van der Waals surface area (Å²) >= 11 is 1.08. The lowest BCUT2D eigenvalue weighted by molar-refractivity contribution is -0.146. The fourth-order valence-electron chi connectivity index (χ4n) is 2.31. The molecule has 0 fully saturated rings. The lowest BCUT2D eigenvalue weighted by atomic mass is 9.99. The Kier molecular flexibility index (Phi) is 7.17. The van der Waals surface area contributed by atoms with Gasteiger partial charge in [-0.05, 0) is 30.2 Å². The highest BCUT2D eigenvalue weighted by molar-refractivity contribution is 7.99. The van der Waals surface area contributed by atoms with Gasteiger partial charge in [-0.2, -0.15) is 0 Å². The van der Waals surface area contributed by atoms with Crippen molar-refractivity contribution in [3.8, 4) is 11.4 Å². The number of hydrogen-bond donors (Lipinski definition) is 2. The third kappa shape index (κ3) is 5.19. The molecule has 0 aliphatic carbocycles. The summed E-state index contributed by atoms with van der Waals surface area (Å²) in [6.07, 6.45) is 0.714. The molecular weight excluding hydrogens is 373 g/mol. The standard InChI is InChI=1S/C17H22FN5O3S/c1-4-10(2)14(16(25)26-3)20-13(24)9-27-17-22-21-15(23(17)19)11-5-7-12(18)8-6-11/h5-8,10,14H,4,9,19H2,1-3H3,(H,20,24)/t10-,14-/m1/s1. The molecule has 3 N–H and O–H groups in total. The number of aromatic nitrogens is 3. The van der Waals surface area contributed by atoms with Crippen molar-refractivity contribution in [2.75, 3.05) is 18.7 Å². The third-order valence-electron chi connectivity index (χ3n) is 4.08. The number of amides is 1. The highest BCUT2D eigenvalue weighted by atomic mass is 32.2. The molecule has 2 rings (SSSR count). The Labute approximate surface area is 160 Å². The maximum Gasteiger partial charge on any atom is 0.328 e. The first kappa shape index (κ1) is 20.7. The van der Waals surface area contributed by atoms with E-state index in [0.29, 0.717) is 23.0 Å². The Morgan fingerprint density at radius 3 is 2.59 bits per heavy atom. The molecule has 1 heterocycles. The summed E-state index contributed by atoms with van der Waals surface area (Å²) in [5.41, 5.74) is 0.602. The average Bonchev–Trinajstić information content (AvgIpc) is 3.04. The number of esters is 1. The molecule has 0 saturated heterocycles. The first-order chi connectivity index (χ1) is 12.9. The average molecular weight is 395 g/mol. The predicted molar refractivity (Wildman–Crippen MR) is 99.7 cm³/mol. The quantitative estimate of drug-likeness (QED) is 0.396. The van der Waals surface area contributed by atoms with Gasteiger partial charge in [-0.25, -0.2) is 13.9 Å². The number of nitrogen functional groups attached to an aromatic ring is 1. The minimum absolute atomic E-state index is 0.00266. The Balaban J connectivity index is 2.01. The summed E-state index contributed by atoms with van der Waals surface area (Å²) in [5.74, 6) is 5.07. The van der Waals surface area contributed by atoms with E-state index in [1.54, 1.807) is 0 Å². The summed E-state index contributed by atoms with van der Waals surface area (Å²) in [6.45, 7) is 3.79. The Hall–Kier alpha value is -2.62. The third-order valence-corrected chi connectivity index (χ3v) is 5.03. The van der Waals surface area contributed by atoms with Crippen molar-refractivity contribution >= 4 is 23.6 Å². The number of nitrogens with two attached hydrogens (primary N) is 1. The molecule has 0 aliphatic rings. The van der Waals surface area contributed by atoms with Crippen LogP contribution >= 0.6 is 11.8 Å². The molecule has 1 aromatic heterocycles. The number of halogens is 1. The summed E-state index contributed by atoms with van der Waals surface area (Å²) in [5, 5.41) is 10.9. The molecule has 0 unspecified atom stereocenters. The molecule has 27 heavy (non-hydrogen) atoms. The van der Waals surface area contributed by atoms with Crippen molar-refractivity contribution in [2.24, 2.45) is 5.92 Å². The van der Waals surface area contributed by atoms with Gasteiger partial charge in [-0.15, -0.1) is 10.2 Å². The molecular formula is C17H22FN5O3S. The zero-order chi connectivity index (χ0) is 20.0. The normalized spacial score (nSPS) is 13.0. The van der Waals surface area contributed by atoms with Crippen LogP contribution < -0.4 is 11.2 Å². The van der Waals surface area contributed by atoms with Crippen LogP contribution in [0.3, 0.4) is 0 Å². The SMILES string of the molecule is CC[C@@H](C)[C@@H](NC(=O)CSc1nnc(-c2ccc(F)cc2)n1N)C(=O)OC. The molecule has 10 heteroatoms. The van der Waals surface area contributed by atoms with Crippen LogP contribution in [0.2, 0.25) is 0 Å². The van der Waals surface area contributed by atoms with E-state index < -0.39 is 12.0 Å². The van der Waals surface area contributed by atoms with E-state index in [-0.39, 0.29) is 23.4 Å². The number of ether oxygens (including phenoxy) is 1. The zero-order valence-electron chi connectivity index (χ0n) is 15.3. The van der Waals surface area contributed by atoms with Crippen LogP contribution in [0.4, 0.5) is 4.39 Å². The highest BCUT2D eigenvalue weighted by Gasteiger charge is 2.26. The van der Waals surface area contributed by atoms with Gasteiger partial charge in [0.2, 0.25) is 11.1 Å². The zero-order valence-corrected chi connectivity index (χ0v) is 16.1. The monoisotopic (exact) mass is 395 g/mol. The molecule has 1 aromatic carbocycles. The first-order valence-corrected chi connectivity index (χ1v) is 9.32. The topological polar surface area (TPSA) is 112 Å². The number of thioether (sulfide) groups is 1. The largest absolute Gasteiger partial charge is 0.467 e. The van der Waals surface area contributed by atoms with Crippen LogP contribution in [-0.4, -0.2) is 45.7 Å². The van der Waals surface area contributed by atoms with Crippen LogP contribution in [0, 0.1) is 11.7 Å². The lowest BCUT2D eigenvalue weighted by Gasteiger charge is -2.21. The lowest BCUT2D eigenvalue weighted by Crippen LogP contribution is -2.46. The van der Waals surface area contributed by atoms with E-state index in [1.807, 2.05) is 13.8 Å². The second kappa shape index (κ2) is 9.36. The van der Waals surface area contributed by atoms with Crippen LogP contribution in [0.5, 0.6) is 0 Å². The molecule has 2 atom stereocenters. The van der Waals surface area contributed by atoms with E-state index in [1.165, 1.54) is 36.1 Å². The number of hydrogen-bond acceptors (Lipinski definition) is 7. The second-order valence-corrected chi connectivity index (χ2v) is 6.87. The molecule has 2 aromatic rings. The van der Waals surface area contributed by atoms with Gasteiger partial charge in [0.15, 0.2) is 5.82 Å². The molecule has 0 aliphatic heterocycles. The Bertz CT molecular complexity index is 796. The van der Waals surface area contributed by atoms with Crippen LogP contribution in [0.15, 0.2) is 29.4 Å². The van der Waals surface area contributed by atoms with Crippen molar-refractivity contribution in [1.29, 1.82) is 0 Å². The highest BCUT2D eigenvalue weighted by Crippen LogP contribution is 2.21. The Morgan fingerprint density at radius 2 is 2.00 bits per heavy atom. The van der Waals surface area contributed by atoms with Crippen molar-refractivity contribution < 1.29 is 18.7 Å². The van der Waals surface area contributed by atoms with Crippen LogP contribution in [-0.2, 0) is 14.3 Å². The van der Waals surface area contributed by atoms with Gasteiger partial charge >= 0.3 is 5.97 Å². The summed E-state index contributed by atoms with van der Waals surface area (Å²) in [4.78, 5) is 24.1. The van der Waals surface area contributed by atoms with Gasteiger partial charge in [0.25, 0.3) is 0 Å². The molecule has 1 amide bonds.